The number of anilines is 1. The number of hydrogen-bond acceptors (Lipinski definition) is 6. The average Bonchev–Trinajstić information content (AvgIpc) is 2.79. The predicted octanol–water partition coefficient (Wildman–Crippen LogP) is 3.41. The summed E-state index contributed by atoms with van der Waals surface area (Å²) in [6, 6.07) is 9.60. The number of carbonyl (C=O) groups is 1. The van der Waals surface area contributed by atoms with Crippen LogP contribution in [0.4, 0.5) is 5.69 Å². The Labute approximate surface area is 187 Å². The lowest BCUT2D eigenvalue weighted by Gasteiger charge is -2.31. The molecule has 168 valence electrons. The maximum Gasteiger partial charge on any atom is 0.246 e. The van der Waals surface area contributed by atoms with Crippen LogP contribution < -0.4 is 19.5 Å². The highest BCUT2D eigenvalue weighted by Gasteiger charge is 2.34. The summed E-state index contributed by atoms with van der Waals surface area (Å²) in [5, 5.41) is 3.18. The van der Waals surface area contributed by atoms with Crippen molar-refractivity contribution in [3.63, 3.8) is 0 Å². The topological polar surface area (TPSA) is 94.2 Å². The molecule has 2 aromatic carbocycles. The van der Waals surface area contributed by atoms with Crippen LogP contribution >= 0.6 is 11.6 Å². The third kappa shape index (κ3) is 5.06. The number of hydrogen-bond donors (Lipinski definition) is 1. The van der Waals surface area contributed by atoms with Crippen LogP contribution in [-0.4, -0.2) is 53.0 Å². The summed E-state index contributed by atoms with van der Waals surface area (Å²) >= 11 is 5.99. The van der Waals surface area contributed by atoms with Gasteiger partial charge in [-0.1, -0.05) is 11.6 Å². The number of amides is 1. The first-order valence-corrected chi connectivity index (χ1v) is 11.5. The zero-order chi connectivity index (χ0) is 22.6. The van der Waals surface area contributed by atoms with Gasteiger partial charge in [-0.2, -0.15) is 4.31 Å². The lowest BCUT2D eigenvalue weighted by Crippen LogP contribution is -2.41. The smallest absolute Gasteiger partial charge is 0.246 e. The van der Waals surface area contributed by atoms with Gasteiger partial charge in [0.15, 0.2) is 11.5 Å². The monoisotopic (exact) mass is 468 g/mol. The second-order valence-electron chi connectivity index (χ2n) is 7.03. The maximum absolute atomic E-state index is 13.1. The van der Waals surface area contributed by atoms with Crippen molar-refractivity contribution in [1.29, 1.82) is 0 Å². The average molecular weight is 469 g/mol. The summed E-state index contributed by atoms with van der Waals surface area (Å²) in [7, 11) is 0.680. The Kier molecular flexibility index (Phi) is 7.30. The minimum atomic E-state index is -3.79. The van der Waals surface area contributed by atoms with Crippen molar-refractivity contribution in [2.24, 2.45) is 5.92 Å². The number of methoxy groups -OCH3 is 3. The van der Waals surface area contributed by atoms with Crippen molar-refractivity contribution < 1.29 is 27.4 Å². The van der Waals surface area contributed by atoms with Crippen molar-refractivity contribution in [2.45, 2.75) is 17.7 Å². The quantitative estimate of drug-likeness (QED) is 0.669. The van der Waals surface area contributed by atoms with E-state index in [-0.39, 0.29) is 35.6 Å². The molecule has 2 aromatic rings. The van der Waals surface area contributed by atoms with Gasteiger partial charge in [0.05, 0.1) is 21.3 Å². The molecule has 0 spiro atoms. The van der Waals surface area contributed by atoms with E-state index in [0.29, 0.717) is 35.1 Å². The molecule has 3 rings (SSSR count). The molecule has 0 atom stereocenters. The van der Waals surface area contributed by atoms with Crippen LogP contribution in [0.1, 0.15) is 12.8 Å². The molecule has 0 saturated carbocycles. The third-order valence-corrected chi connectivity index (χ3v) is 7.37. The van der Waals surface area contributed by atoms with Crippen LogP contribution in [0.25, 0.3) is 0 Å². The first-order chi connectivity index (χ1) is 14.8. The highest BCUT2D eigenvalue weighted by atomic mass is 35.5. The molecule has 1 aliphatic heterocycles. The van der Waals surface area contributed by atoms with Crippen LogP contribution in [0.2, 0.25) is 5.02 Å². The molecule has 1 heterocycles. The van der Waals surface area contributed by atoms with Gasteiger partial charge in [0.1, 0.15) is 10.6 Å². The Morgan fingerprint density at radius 1 is 0.968 bits per heavy atom. The number of sulfonamides is 1. The van der Waals surface area contributed by atoms with Gasteiger partial charge in [-0.25, -0.2) is 8.42 Å². The number of ether oxygens (including phenoxy) is 3. The molecular formula is C21H25ClN2O6S. The molecule has 1 aliphatic rings. The van der Waals surface area contributed by atoms with E-state index in [1.54, 1.807) is 24.3 Å². The molecule has 1 N–H and O–H groups in total. The van der Waals surface area contributed by atoms with Gasteiger partial charge >= 0.3 is 0 Å². The Hall–Kier alpha value is -2.49. The molecule has 0 aliphatic carbocycles. The van der Waals surface area contributed by atoms with E-state index in [1.807, 2.05) is 0 Å². The van der Waals surface area contributed by atoms with E-state index in [0.717, 1.165) is 0 Å². The fourth-order valence-corrected chi connectivity index (χ4v) is 5.40. The minimum Gasteiger partial charge on any atom is -0.495 e. The number of carbonyl (C=O) groups excluding carboxylic acids is 1. The molecular weight excluding hydrogens is 444 g/mol. The second-order valence-corrected chi connectivity index (χ2v) is 9.38. The van der Waals surface area contributed by atoms with Crippen LogP contribution in [0, 0.1) is 5.92 Å². The fourth-order valence-electron chi connectivity index (χ4n) is 3.51. The zero-order valence-electron chi connectivity index (χ0n) is 17.6. The minimum absolute atomic E-state index is 0.0238. The third-order valence-electron chi connectivity index (χ3n) is 5.22. The van der Waals surface area contributed by atoms with Gasteiger partial charge < -0.3 is 19.5 Å². The number of nitrogens with one attached hydrogen (secondary N) is 1. The van der Waals surface area contributed by atoms with E-state index in [2.05, 4.69) is 5.32 Å². The highest BCUT2D eigenvalue weighted by Crippen LogP contribution is 2.33. The predicted molar refractivity (Wildman–Crippen MR) is 118 cm³/mol. The van der Waals surface area contributed by atoms with Crippen LogP contribution in [0.3, 0.4) is 0 Å². The Morgan fingerprint density at radius 2 is 1.58 bits per heavy atom. The van der Waals surface area contributed by atoms with E-state index in [1.165, 1.54) is 37.8 Å². The zero-order valence-corrected chi connectivity index (χ0v) is 19.1. The first-order valence-electron chi connectivity index (χ1n) is 9.66. The summed E-state index contributed by atoms with van der Waals surface area (Å²) in [5.41, 5.74) is 0.585. The van der Waals surface area contributed by atoms with Crippen molar-refractivity contribution in [3.05, 3.63) is 41.4 Å². The molecule has 8 nitrogen and oxygen atoms in total. The largest absolute Gasteiger partial charge is 0.495 e. The first kappa shape index (κ1) is 23.2. The molecule has 0 aromatic heterocycles. The lowest BCUT2D eigenvalue weighted by molar-refractivity contribution is -0.120. The van der Waals surface area contributed by atoms with Crippen molar-refractivity contribution in [1.82, 2.24) is 4.31 Å². The molecule has 10 heteroatoms. The number of benzene rings is 2. The highest BCUT2D eigenvalue weighted by molar-refractivity contribution is 7.89. The maximum atomic E-state index is 13.1. The Bertz CT molecular complexity index is 1050. The molecule has 31 heavy (non-hydrogen) atoms. The Morgan fingerprint density at radius 3 is 2.19 bits per heavy atom. The van der Waals surface area contributed by atoms with Gasteiger partial charge in [0.2, 0.25) is 15.9 Å². The molecule has 0 radical (unpaired) electrons. The van der Waals surface area contributed by atoms with Crippen LogP contribution in [0.15, 0.2) is 41.3 Å². The van der Waals surface area contributed by atoms with Gasteiger partial charge in [-0.3, -0.25) is 4.79 Å². The van der Waals surface area contributed by atoms with E-state index >= 15 is 0 Å². The van der Waals surface area contributed by atoms with Crippen molar-refractivity contribution in [2.75, 3.05) is 39.7 Å². The van der Waals surface area contributed by atoms with Crippen LogP contribution in [0.5, 0.6) is 17.2 Å². The molecule has 0 unspecified atom stereocenters. The summed E-state index contributed by atoms with van der Waals surface area (Å²) in [5.74, 6) is 0.843. The number of nitrogens with zero attached hydrogens (tertiary/aromatic N) is 1. The number of halogens is 1. The van der Waals surface area contributed by atoms with E-state index in [4.69, 9.17) is 25.8 Å². The molecule has 1 fully saturated rings. The summed E-state index contributed by atoms with van der Waals surface area (Å²) < 4.78 is 43.2. The van der Waals surface area contributed by atoms with Gasteiger partial charge in [-0.15, -0.1) is 0 Å². The van der Waals surface area contributed by atoms with E-state index in [9.17, 15) is 13.2 Å². The lowest BCUT2D eigenvalue weighted by atomic mass is 9.97. The van der Waals surface area contributed by atoms with Gasteiger partial charge in [0, 0.05) is 35.8 Å². The fraction of sp³-hybridized carbons (Fsp3) is 0.381. The number of rotatable bonds is 7. The molecule has 1 amide bonds. The van der Waals surface area contributed by atoms with Crippen molar-refractivity contribution >= 4 is 33.2 Å². The normalized spacial score (nSPS) is 15.4. The standard InChI is InChI=1S/C21H25ClN2O6S/c1-28-17-7-5-16(13-19(17)30-3)23-21(25)14-8-10-24(11-9-14)31(26,27)20-12-15(22)4-6-18(20)29-2/h4-7,12-14H,8-11H2,1-3H3,(H,23,25). The molecule has 0 bridgehead atoms. The summed E-state index contributed by atoms with van der Waals surface area (Å²) in [6.07, 6.45) is 0.808. The number of piperidine rings is 1. The Balaban J connectivity index is 1.66. The molecule has 1 saturated heterocycles. The SMILES string of the molecule is COc1ccc(NC(=O)C2CCN(S(=O)(=O)c3cc(Cl)ccc3OC)CC2)cc1OC. The second kappa shape index (κ2) is 9.76. The summed E-state index contributed by atoms with van der Waals surface area (Å²) in [6.45, 7) is 0.448. The van der Waals surface area contributed by atoms with E-state index < -0.39 is 10.0 Å². The van der Waals surface area contributed by atoms with Gasteiger partial charge in [0.25, 0.3) is 0 Å². The summed E-state index contributed by atoms with van der Waals surface area (Å²) in [4.78, 5) is 12.7. The van der Waals surface area contributed by atoms with Gasteiger partial charge in [-0.05, 0) is 43.2 Å². The van der Waals surface area contributed by atoms with Crippen LogP contribution in [-0.2, 0) is 14.8 Å². The van der Waals surface area contributed by atoms with Crippen molar-refractivity contribution in [3.8, 4) is 17.2 Å².